The summed E-state index contributed by atoms with van der Waals surface area (Å²) < 4.78 is 243. The molecule has 21 heteroatoms. The monoisotopic (exact) mass is 584 g/mol. The topological polar surface area (TPSA) is 35.5 Å². The first-order chi connectivity index (χ1) is 15.1. The maximum absolute atomic E-state index is 13.7. The molecule has 0 bridgehead atoms. The zero-order chi connectivity index (χ0) is 28.7. The van der Waals surface area contributed by atoms with E-state index < -0.39 is 81.0 Å². The van der Waals surface area contributed by atoms with Crippen LogP contribution in [0.15, 0.2) is 0 Å². The molecule has 0 radical (unpaired) electrons. The van der Waals surface area contributed by atoms with Gasteiger partial charge in [0.05, 0.1) is 13.2 Å². The summed E-state index contributed by atoms with van der Waals surface area (Å²) in [6.45, 7) is -0.214. The van der Waals surface area contributed by atoms with Crippen molar-refractivity contribution >= 4 is 7.60 Å². The zero-order valence-electron chi connectivity index (χ0n) is 16.9. The summed E-state index contributed by atoms with van der Waals surface area (Å²) >= 11 is 0. The zero-order valence-corrected chi connectivity index (χ0v) is 17.8. The van der Waals surface area contributed by atoms with Crippen molar-refractivity contribution in [3.63, 3.8) is 0 Å². The average Bonchev–Trinajstić information content (AvgIpc) is 2.66. The van der Waals surface area contributed by atoms with Gasteiger partial charge in [0.25, 0.3) is 0 Å². The molecular formula is C14H14F17O3P. The van der Waals surface area contributed by atoms with Gasteiger partial charge in [-0.25, -0.2) is 0 Å². The van der Waals surface area contributed by atoms with Gasteiger partial charge >= 0.3 is 55.2 Å². The minimum atomic E-state index is -8.68. The summed E-state index contributed by atoms with van der Waals surface area (Å²) in [7, 11) is -4.32. The Bertz CT molecular complexity index is 776. The molecule has 212 valence electrons. The highest BCUT2D eigenvalue weighted by Gasteiger charge is 2.95. The maximum atomic E-state index is 13.7. The molecule has 0 spiro atoms. The summed E-state index contributed by atoms with van der Waals surface area (Å²) in [6.07, 6.45) is -11.3. The van der Waals surface area contributed by atoms with Crippen molar-refractivity contribution in [2.45, 2.75) is 67.9 Å². The molecule has 35 heavy (non-hydrogen) atoms. The molecule has 0 aromatic heterocycles. The number of hydrogen-bond donors (Lipinski definition) is 0. The van der Waals surface area contributed by atoms with Gasteiger partial charge in [-0.15, -0.1) is 0 Å². The number of alkyl halides is 17. The van der Waals surface area contributed by atoms with Crippen LogP contribution in [0.5, 0.6) is 0 Å². The lowest BCUT2D eigenvalue weighted by atomic mass is 9.88. The molecule has 0 amide bonds. The van der Waals surface area contributed by atoms with E-state index >= 15 is 0 Å². The summed E-state index contributed by atoms with van der Waals surface area (Å²) in [5.74, 6) is -56.8. The van der Waals surface area contributed by atoms with Crippen LogP contribution in [0, 0.1) is 0 Å². The fourth-order valence-electron chi connectivity index (χ4n) is 2.08. The molecule has 0 N–H and O–H groups in total. The van der Waals surface area contributed by atoms with Gasteiger partial charge in [0.15, 0.2) is 0 Å². The van der Waals surface area contributed by atoms with Crippen LogP contribution in [0.4, 0.5) is 74.6 Å². The molecule has 0 saturated heterocycles. The maximum Gasteiger partial charge on any atom is 0.460 e. The number of rotatable bonds is 13. The van der Waals surface area contributed by atoms with Crippen molar-refractivity contribution < 1.29 is 88.2 Å². The second kappa shape index (κ2) is 9.68. The van der Waals surface area contributed by atoms with E-state index in [1.54, 1.807) is 0 Å². The smallest absolute Gasteiger partial charge is 0.309 e. The van der Waals surface area contributed by atoms with Gasteiger partial charge in [-0.05, 0) is 6.92 Å². The van der Waals surface area contributed by atoms with Crippen molar-refractivity contribution in [3.8, 4) is 0 Å². The highest BCUT2D eigenvalue weighted by molar-refractivity contribution is 7.53. The van der Waals surface area contributed by atoms with Crippen LogP contribution in [0.2, 0.25) is 0 Å². The van der Waals surface area contributed by atoms with Crippen molar-refractivity contribution in [3.05, 3.63) is 0 Å². The Morgan fingerprint density at radius 2 is 0.886 bits per heavy atom. The fourth-order valence-corrected chi connectivity index (χ4v) is 3.29. The molecule has 0 aromatic rings. The Morgan fingerprint density at radius 3 is 1.20 bits per heavy atom. The van der Waals surface area contributed by atoms with Crippen LogP contribution >= 0.6 is 7.60 Å². The molecule has 1 atom stereocenters. The Labute approximate surface area is 184 Å². The number of hydrogen-bond acceptors (Lipinski definition) is 3. The van der Waals surface area contributed by atoms with E-state index in [0.29, 0.717) is 0 Å². The Hall–Kier alpha value is -1.04. The second-order valence-corrected chi connectivity index (χ2v) is 8.95. The Kier molecular flexibility index (Phi) is 9.40. The Morgan fingerprint density at radius 1 is 0.543 bits per heavy atom. The lowest BCUT2D eigenvalue weighted by Gasteiger charge is -2.42. The predicted molar refractivity (Wildman–Crippen MR) is 81.0 cm³/mol. The van der Waals surface area contributed by atoms with Gasteiger partial charge in [0, 0.05) is 12.6 Å². The molecule has 0 aliphatic carbocycles. The van der Waals surface area contributed by atoms with Crippen LogP contribution in [-0.2, 0) is 13.6 Å². The van der Waals surface area contributed by atoms with Crippen molar-refractivity contribution in [2.75, 3.05) is 19.4 Å². The molecule has 0 aromatic carbocycles. The summed E-state index contributed by atoms with van der Waals surface area (Å²) in [5.41, 5.74) is 0. The van der Waals surface area contributed by atoms with Crippen LogP contribution in [-0.4, -0.2) is 67.0 Å². The van der Waals surface area contributed by atoms with E-state index in [1.165, 1.54) is 0 Å². The third kappa shape index (κ3) is 5.33. The highest BCUT2D eigenvalue weighted by atomic mass is 31.2. The summed E-state index contributed by atoms with van der Waals surface area (Å²) in [5, 5.41) is 0. The first kappa shape index (κ1) is 34.0. The molecule has 0 aliphatic heterocycles. The first-order valence-electron chi connectivity index (χ1n) is 8.67. The molecule has 3 nitrogen and oxygen atoms in total. The van der Waals surface area contributed by atoms with Gasteiger partial charge in [-0.1, -0.05) is 6.92 Å². The standard InChI is InChI=1S/C14H14F17O3P/c1-3-33-35(32,4-2)34-6-5-7(15,16)8(17,18)9(19,20)10(21,22)11(23,24)12(25,26)13(27,28)14(29,30)31/h3-6H2,1-2H3. The minimum Gasteiger partial charge on any atom is -0.309 e. The van der Waals surface area contributed by atoms with E-state index in [0.717, 1.165) is 13.8 Å². The predicted octanol–water partition coefficient (Wildman–Crippen LogP) is 7.65. The molecule has 1 unspecified atom stereocenters. The SMILES string of the molecule is CCOP(=O)(CC)OCCC(F)(F)C(F)(F)C(F)(F)C(F)(F)C(F)(F)C(F)(F)C(F)(F)C(F)(F)F. The molecule has 0 rings (SSSR count). The lowest BCUT2D eigenvalue weighted by molar-refractivity contribution is -0.461. The molecule has 0 fully saturated rings. The summed E-state index contributed by atoms with van der Waals surface area (Å²) in [6, 6.07) is 0. The second-order valence-electron chi connectivity index (χ2n) is 6.58. The normalized spacial score (nSPS) is 17.5. The van der Waals surface area contributed by atoms with Crippen molar-refractivity contribution in [1.82, 2.24) is 0 Å². The average molecular weight is 584 g/mol. The molecular weight excluding hydrogens is 570 g/mol. The third-order valence-electron chi connectivity index (χ3n) is 4.20. The van der Waals surface area contributed by atoms with Gasteiger partial charge < -0.3 is 9.05 Å². The Balaban J connectivity index is 6.33. The van der Waals surface area contributed by atoms with E-state index in [1.807, 2.05) is 0 Å². The van der Waals surface area contributed by atoms with Gasteiger partial charge in [0.1, 0.15) is 0 Å². The molecule has 0 aliphatic rings. The molecule has 0 heterocycles. The van der Waals surface area contributed by atoms with Crippen LogP contribution in [0.1, 0.15) is 20.3 Å². The van der Waals surface area contributed by atoms with E-state index in [4.69, 9.17) is 0 Å². The first-order valence-corrected chi connectivity index (χ1v) is 10.4. The van der Waals surface area contributed by atoms with Gasteiger partial charge in [-0.3, -0.25) is 4.57 Å². The van der Waals surface area contributed by atoms with Gasteiger partial charge in [0.2, 0.25) is 0 Å². The fraction of sp³-hybridized carbons (Fsp3) is 1.00. The lowest BCUT2D eigenvalue weighted by Crippen LogP contribution is -2.74. The van der Waals surface area contributed by atoms with Crippen LogP contribution < -0.4 is 0 Å². The number of halogens is 17. The third-order valence-corrected chi connectivity index (χ3v) is 6.21. The summed E-state index contributed by atoms with van der Waals surface area (Å²) in [4.78, 5) is 0. The van der Waals surface area contributed by atoms with Crippen molar-refractivity contribution in [2.24, 2.45) is 0 Å². The largest absolute Gasteiger partial charge is 0.460 e. The quantitative estimate of drug-likeness (QED) is 0.165. The van der Waals surface area contributed by atoms with E-state index in [2.05, 4.69) is 9.05 Å². The molecule has 0 saturated carbocycles. The van der Waals surface area contributed by atoms with Gasteiger partial charge in [-0.2, -0.15) is 74.6 Å². The van der Waals surface area contributed by atoms with Crippen molar-refractivity contribution in [1.29, 1.82) is 0 Å². The minimum absolute atomic E-state index is 0.437. The van der Waals surface area contributed by atoms with E-state index in [9.17, 15) is 79.2 Å². The van der Waals surface area contributed by atoms with Crippen LogP contribution in [0.3, 0.4) is 0 Å². The van der Waals surface area contributed by atoms with Crippen LogP contribution in [0.25, 0.3) is 0 Å². The highest BCUT2D eigenvalue weighted by Crippen LogP contribution is 2.64. The van der Waals surface area contributed by atoms with E-state index in [-0.39, 0.29) is 0 Å².